The van der Waals surface area contributed by atoms with Crippen molar-refractivity contribution in [3.05, 3.63) is 29.1 Å². The predicted molar refractivity (Wildman–Crippen MR) is 61.7 cm³/mol. The molecule has 0 unspecified atom stereocenters. The standard InChI is InChI=1S/C10H14N6/c1-6-3-8(4-7(2)13-6)5-16-10(12)14-9(11)15-16/h3-4H,5H2,1-2H3,(H4,11,12,14,15). The maximum absolute atomic E-state index is 5.66. The van der Waals surface area contributed by atoms with Gasteiger partial charge in [-0.25, -0.2) is 4.68 Å². The zero-order valence-electron chi connectivity index (χ0n) is 9.31. The van der Waals surface area contributed by atoms with Gasteiger partial charge in [-0.2, -0.15) is 4.98 Å². The number of aromatic nitrogens is 4. The maximum Gasteiger partial charge on any atom is 0.241 e. The molecule has 6 nitrogen and oxygen atoms in total. The molecule has 0 aliphatic rings. The van der Waals surface area contributed by atoms with Crippen LogP contribution in [0.2, 0.25) is 0 Å². The van der Waals surface area contributed by atoms with Crippen molar-refractivity contribution in [2.45, 2.75) is 20.4 Å². The number of nitrogens with two attached hydrogens (primary N) is 2. The van der Waals surface area contributed by atoms with Crippen LogP contribution in [0.3, 0.4) is 0 Å². The van der Waals surface area contributed by atoms with Gasteiger partial charge in [0.15, 0.2) is 0 Å². The number of hydrogen-bond donors (Lipinski definition) is 2. The summed E-state index contributed by atoms with van der Waals surface area (Å²) in [6.45, 7) is 4.46. The van der Waals surface area contributed by atoms with Gasteiger partial charge in [-0.3, -0.25) is 4.98 Å². The van der Waals surface area contributed by atoms with Gasteiger partial charge in [0.1, 0.15) is 0 Å². The van der Waals surface area contributed by atoms with Gasteiger partial charge in [0.05, 0.1) is 6.54 Å². The first-order valence-corrected chi connectivity index (χ1v) is 4.94. The van der Waals surface area contributed by atoms with Crippen LogP contribution in [0, 0.1) is 13.8 Å². The van der Waals surface area contributed by atoms with Crippen molar-refractivity contribution in [3.8, 4) is 0 Å². The van der Waals surface area contributed by atoms with E-state index in [9.17, 15) is 0 Å². The average molecular weight is 218 g/mol. The third-order valence-corrected chi connectivity index (χ3v) is 2.19. The van der Waals surface area contributed by atoms with Crippen molar-refractivity contribution in [1.82, 2.24) is 19.7 Å². The molecule has 0 amide bonds. The van der Waals surface area contributed by atoms with E-state index in [1.165, 1.54) is 0 Å². The van der Waals surface area contributed by atoms with Crippen LogP contribution < -0.4 is 11.5 Å². The molecule has 16 heavy (non-hydrogen) atoms. The molecule has 0 radical (unpaired) electrons. The van der Waals surface area contributed by atoms with E-state index in [1.807, 2.05) is 26.0 Å². The first kappa shape index (κ1) is 10.4. The van der Waals surface area contributed by atoms with Gasteiger partial charge >= 0.3 is 0 Å². The number of anilines is 2. The van der Waals surface area contributed by atoms with Gasteiger partial charge < -0.3 is 11.5 Å². The zero-order chi connectivity index (χ0) is 11.7. The molecule has 0 atom stereocenters. The number of nitrogens with zero attached hydrogens (tertiary/aromatic N) is 4. The van der Waals surface area contributed by atoms with Gasteiger partial charge in [0.25, 0.3) is 0 Å². The Hall–Kier alpha value is -2.11. The Morgan fingerprint density at radius 3 is 2.25 bits per heavy atom. The molecular formula is C10H14N6. The highest BCUT2D eigenvalue weighted by Gasteiger charge is 2.05. The summed E-state index contributed by atoms with van der Waals surface area (Å²) in [5, 5.41) is 4.00. The average Bonchev–Trinajstić information content (AvgIpc) is 2.43. The van der Waals surface area contributed by atoms with Crippen LogP contribution in [0.5, 0.6) is 0 Å². The topological polar surface area (TPSA) is 95.6 Å². The summed E-state index contributed by atoms with van der Waals surface area (Å²) < 4.78 is 1.57. The van der Waals surface area contributed by atoms with Gasteiger partial charge in [-0.1, -0.05) is 0 Å². The van der Waals surface area contributed by atoms with Crippen molar-refractivity contribution >= 4 is 11.9 Å². The van der Waals surface area contributed by atoms with Crippen molar-refractivity contribution in [3.63, 3.8) is 0 Å². The molecule has 0 bridgehead atoms. The largest absolute Gasteiger partial charge is 0.368 e. The number of nitrogen functional groups attached to an aromatic ring is 2. The van der Waals surface area contributed by atoms with Gasteiger partial charge in [-0.15, -0.1) is 5.10 Å². The predicted octanol–water partition coefficient (Wildman–Crippen LogP) is 0.503. The number of aryl methyl sites for hydroxylation is 2. The summed E-state index contributed by atoms with van der Waals surface area (Å²) in [4.78, 5) is 8.15. The van der Waals surface area contributed by atoms with Crippen LogP contribution in [0.4, 0.5) is 11.9 Å². The second kappa shape index (κ2) is 3.80. The molecule has 4 N–H and O–H groups in total. The summed E-state index contributed by atoms with van der Waals surface area (Å²) >= 11 is 0. The van der Waals surface area contributed by atoms with Gasteiger partial charge in [0.2, 0.25) is 11.9 Å². The molecule has 2 aromatic heterocycles. The lowest BCUT2D eigenvalue weighted by Crippen LogP contribution is -2.07. The fourth-order valence-corrected chi connectivity index (χ4v) is 1.67. The zero-order valence-corrected chi connectivity index (χ0v) is 9.31. The van der Waals surface area contributed by atoms with Crippen molar-refractivity contribution in [2.75, 3.05) is 11.5 Å². The van der Waals surface area contributed by atoms with E-state index in [2.05, 4.69) is 15.1 Å². The molecule has 6 heteroatoms. The minimum atomic E-state index is 0.194. The first-order valence-electron chi connectivity index (χ1n) is 4.94. The molecule has 0 aliphatic carbocycles. The minimum Gasteiger partial charge on any atom is -0.368 e. The van der Waals surface area contributed by atoms with E-state index < -0.39 is 0 Å². The van der Waals surface area contributed by atoms with Crippen LogP contribution in [-0.4, -0.2) is 19.7 Å². The van der Waals surface area contributed by atoms with Crippen LogP contribution in [-0.2, 0) is 6.54 Å². The molecule has 0 aromatic carbocycles. The van der Waals surface area contributed by atoms with E-state index in [4.69, 9.17) is 11.5 Å². The highest BCUT2D eigenvalue weighted by molar-refractivity contribution is 5.28. The van der Waals surface area contributed by atoms with Crippen LogP contribution in [0.25, 0.3) is 0 Å². The van der Waals surface area contributed by atoms with E-state index in [0.717, 1.165) is 17.0 Å². The Kier molecular flexibility index (Phi) is 2.47. The van der Waals surface area contributed by atoms with Gasteiger partial charge in [-0.05, 0) is 31.5 Å². The number of rotatable bonds is 2. The fraction of sp³-hybridized carbons (Fsp3) is 0.300. The smallest absolute Gasteiger partial charge is 0.241 e. The van der Waals surface area contributed by atoms with Crippen molar-refractivity contribution in [2.24, 2.45) is 0 Å². The molecule has 84 valence electrons. The summed E-state index contributed by atoms with van der Waals surface area (Å²) in [5.74, 6) is 0.518. The molecule has 0 spiro atoms. The molecule has 2 rings (SSSR count). The molecular weight excluding hydrogens is 204 g/mol. The normalized spacial score (nSPS) is 10.6. The quantitative estimate of drug-likeness (QED) is 0.765. The third kappa shape index (κ3) is 2.10. The van der Waals surface area contributed by atoms with Crippen molar-refractivity contribution < 1.29 is 0 Å². The SMILES string of the molecule is Cc1cc(Cn2nc(N)nc2N)cc(C)n1. The monoisotopic (exact) mass is 218 g/mol. The Morgan fingerprint density at radius 1 is 1.12 bits per heavy atom. The summed E-state index contributed by atoms with van der Waals surface area (Å²) in [6, 6.07) is 3.98. The number of pyridine rings is 1. The van der Waals surface area contributed by atoms with Crippen LogP contribution >= 0.6 is 0 Å². The molecule has 2 aromatic rings. The first-order chi connectivity index (χ1) is 7.54. The summed E-state index contributed by atoms with van der Waals surface area (Å²) in [7, 11) is 0. The second-order valence-electron chi connectivity index (χ2n) is 3.74. The van der Waals surface area contributed by atoms with E-state index in [1.54, 1.807) is 4.68 Å². The second-order valence-corrected chi connectivity index (χ2v) is 3.74. The number of hydrogen-bond acceptors (Lipinski definition) is 5. The Balaban J connectivity index is 2.30. The molecule has 2 heterocycles. The summed E-state index contributed by atoms with van der Waals surface area (Å²) in [5.41, 5.74) is 14.1. The highest BCUT2D eigenvalue weighted by atomic mass is 15.4. The van der Waals surface area contributed by atoms with Gasteiger partial charge in [0, 0.05) is 11.4 Å². The Labute approximate surface area is 93.3 Å². The molecule has 0 aliphatic heterocycles. The fourth-order valence-electron chi connectivity index (χ4n) is 1.67. The van der Waals surface area contributed by atoms with E-state index >= 15 is 0 Å². The summed E-state index contributed by atoms with van der Waals surface area (Å²) in [6.07, 6.45) is 0. The lowest BCUT2D eigenvalue weighted by Gasteiger charge is -2.05. The molecule has 0 saturated heterocycles. The third-order valence-electron chi connectivity index (χ3n) is 2.19. The lowest BCUT2D eigenvalue weighted by molar-refractivity contribution is 0.697. The van der Waals surface area contributed by atoms with E-state index in [0.29, 0.717) is 12.5 Å². The lowest BCUT2D eigenvalue weighted by atomic mass is 10.2. The maximum atomic E-state index is 5.66. The molecule has 0 fully saturated rings. The Morgan fingerprint density at radius 2 is 1.75 bits per heavy atom. The highest BCUT2D eigenvalue weighted by Crippen LogP contribution is 2.09. The van der Waals surface area contributed by atoms with Crippen LogP contribution in [0.1, 0.15) is 17.0 Å². The van der Waals surface area contributed by atoms with Crippen LogP contribution in [0.15, 0.2) is 12.1 Å². The Bertz CT molecular complexity index is 496. The molecule has 0 saturated carbocycles. The van der Waals surface area contributed by atoms with E-state index in [-0.39, 0.29) is 5.95 Å². The minimum absolute atomic E-state index is 0.194. The van der Waals surface area contributed by atoms with Crippen molar-refractivity contribution in [1.29, 1.82) is 0 Å².